The van der Waals surface area contributed by atoms with E-state index in [0.717, 1.165) is 12.1 Å². The molecule has 0 aliphatic rings. The van der Waals surface area contributed by atoms with Gasteiger partial charge in [-0.2, -0.15) is 0 Å². The zero-order chi connectivity index (χ0) is 9.30. The Morgan fingerprint density at radius 3 is 1.77 bits per heavy atom. The largest absolute Gasteiger partial charge is 0.504 e. The summed E-state index contributed by atoms with van der Waals surface area (Å²) in [5.41, 5.74) is -0.289. The summed E-state index contributed by atoms with van der Waals surface area (Å²) in [4.78, 5) is 10.3. The molecule has 6 heteroatoms. The van der Waals surface area contributed by atoms with Crippen LogP contribution in [0.25, 0.3) is 0 Å². The van der Waals surface area contributed by atoms with Gasteiger partial charge >= 0.3 is 5.97 Å². The maximum absolute atomic E-state index is 10.3. The van der Waals surface area contributed by atoms with Crippen molar-refractivity contribution in [2.45, 2.75) is 0 Å². The first kappa shape index (κ1) is 12.4. The van der Waals surface area contributed by atoms with Crippen molar-refractivity contribution >= 4 is 5.97 Å². The summed E-state index contributed by atoms with van der Waals surface area (Å²) in [6.45, 7) is 0. The van der Waals surface area contributed by atoms with Crippen LogP contribution >= 0.6 is 0 Å². The van der Waals surface area contributed by atoms with Gasteiger partial charge in [0.05, 0.1) is 5.56 Å². The van der Waals surface area contributed by atoms with Crippen LogP contribution in [0, 0.1) is 40.8 Å². The fourth-order valence-electron chi connectivity index (χ4n) is 0.728. The molecule has 0 heterocycles. The molecule has 5 nitrogen and oxygen atoms in total. The van der Waals surface area contributed by atoms with Crippen LogP contribution in [-0.2, 0) is 0 Å². The van der Waals surface area contributed by atoms with Gasteiger partial charge in [0, 0.05) is 40.8 Å². The summed E-state index contributed by atoms with van der Waals surface area (Å²) < 4.78 is 0. The van der Waals surface area contributed by atoms with Crippen molar-refractivity contribution in [3.8, 4) is 17.2 Å². The minimum absolute atomic E-state index is 0. The molecule has 0 atom stereocenters. The number of rotatable bonds is 1. The van der Waals surface area contributed by atoms with E-state index in [-0.39, 0.29) is 46.4 Å². The smallest absolute Gasteiger partial charge is 0.335 e. The predicted octanol–water partition coefficient (Wildman–Crippen LogP) is 0.502. The van der Waals surface area contributed by atoms with E-state index in [0.29, 0.717) is 0 Å². The molecule has 4 N–H and O–H groups in total. The van der Waals surface area contributed by atoms with Gasteiger partial charge in [-0.25, -0.2) is 4.79 Å². The first-order chi connectivity index (χ1) is 5.52. The fraction of sp³-hybridized carbons (Fsp3) is 0. The summed E-state index contributed by atoms with van der Waals surface area (Å²) in [6, 6.07) is 1.69. The van der Waals surface area contributed by atoms with Crippen LogP contribution in [0.1, 0.15) is 10.4 Å². The Morgan fingerprint density at radius 1 is 1.08 bits per heavy atom. The molecule has 0 unspecified atom stereocenters. The number of carboxylic acid groups (broad SMARTS) is 1. The van der Waals surface area contributed by atoms with Gasteiger partial charge in [-0.15, -0.1) is 0 Å². The number of hydrogen-bond acceptors (Lipinski definition) is 4. The van der Waals surface area contributed by atoms with Gasteiger partial charge in [0.15, 0.2) is 17.2 Å². The molecule has 13 heavy (non-hydrogen) atoms. The van der Waals surface area contributed by atoms with E-state index >= 15 is 0 Å². The van der Waals surface area contributed by atoms with Crippen molar-refractivity contribution in [1.82, 2.24) is 0 Å². The molecule has 0 saturated heterocycles. The van der Waals surface area contributed by atoms with Crippen LogP contribution in [0.4, 0.5) is 0 Å². The molecule has 0 amide bonds. The molecule has 0 fully saturated rings. The van der Waals surface area contributed by atoms with Crippen LogP contribution in [0.15, 0.2) is 12.1 Å². The average molecular weight is 314 g/mol. The Balaban J connectivity index is 0.00000144. The van der Waals surface area contributed by atoms with Gasteiger partial charge in [-0.1, -0.05) is 0 Å². The van der Waals surface area contributed by atoms with E-state index in [1.807, 2.05) is 0 Å². The van der Waals surface area contributed by atoms with Crippen molar-refractivity contribution in [3.63, 3.8) is 0 Å². The third kappa shape index (κ3) is 2.70. The van der Waals surface area contributed by atoms with Gasteiger partial charge in [0.25, 0.3) is 0 Å². The second kappa shape index (κ2) is 4.61. The fourth-order valence-corrected chi connectivity index (χ4v) is 0.728. The maximum atomic E-state index is 10.3. The summed E-state index contributed by atoms with van der Waals surface area (Å²) in [5, 5.41) is 35.0. The van der Waals surface area contributed by atoms with Crippen LogP contribution in [-0.4, -0.2) is 26.4 Å². The number of carboxylic acids is 1. The quantitative estimate of drug-likeness (QED) is 0.566. The van der Waals surface area contributed by atoms with Crippen molar-refractivity contribution in [1.29, 1.82) is 0 Å². The minimum atomic E-state index is -1.29. The van der Waals surface area contributed by atoms with Gasteiger partial charge < -0.3 is 20.4 Å². The van der Waals surface area contributed by atoms with Crippen molar-refractivity contribution in [2.24, 2.45) is 0 Å². The molecule has 1 aromatic rings. The Morgan fingerprint density at radius 2 is 1.46 bits per heavy atom. The van der Waals surface area contributed by atoms with E-state index in [2.05, 4.69) is 0 Å². The Bertz CT molecular complexity index is 313. The second-order valence-corrected chi connectivity index (χ2v) is 2.17. The molecule has 0 radical (unpaired) electrons. The number of hydrogen-bond donors (Lipinski definition) is 4. The summed E-state index contributed by atoms with van der Waals surface area (Å²) >= 11 is 0. The number of aromatic hydroxyl groups is 3. The SMILES string of the molecule is O=C(O)c1cc(O)c(O)c(O)c1.[Nd]. The number of phenols is 3. The third-order valence-electron chi connectivity index (χ3n) is 1.32. The summed E-state index contributed by atoms with van der Waals surface area (Å²) in [5.74, 6) is -3.33. The molecular weight excluding hydrogens is 308 g/mol. The monoisotopic (exact) mass is 312 g/mol. The normalized spacial score (nSPS) is 8.92. The Labute approximate surface area is 106 Å². The van der Waals surface area contributed by atoms with Crippen molar-refractivity contribution in [3.05, 3.63) is 17.7 Å². The van der Waals surface area contributed by atoms with Crippen LogP contribution in [0.2, 0.25) is 0 Å². The molecular formula is C7H6NdO5. The first-order valence-electron chi connectivity index (χ1n) is 3.00. The van der Waals surface area contributed by atoms with Crippen molar-refractivity contribution < 1.29 is 66.1 Å². The molecule has 0 saturated carbocycles. The number of carbonyl (C=O) groups is 1. The Kier molecular flexibility index (Phi) is 4.42. The number of phenolic OH excluding ortho intramolecular Hbond substituents is 3. The molecule has 1 aromatic carbocycles. The van der Waals surface area contributed by atoms with E-state index in [1.165, 1.54) is 0 Å². The van der Waals surface area contributed by atoms with Crippen molar-refractivity contribution in [2.75, 3.05) is 0 Å². The first-order valence-corrected chi connectivity index (χ1v) is 3.00. The topological polar surface area (TPSA) is 98.0 Å². The molecule has 0 aliphatic heterocycles. The van der Waals surface area contributed by atoms with Gasteiger partial charge in [0.1, 0.15) is 0 Å². The van der Waals surface area contributed by atoms with Crippen LogP contribution in [0.3, 0.4) is 0 Å². The molecule has 0 spiro atoms. The van der Waals surface area contributed by atoms with Crippen LogP contribution < -0.4 is 0 Å². The van der Waals surface area contributed by atoms with E-state index in [9.17, 15) is 4.79 Å². The average Bonchev–Trinajstić information content (AvgIpc) is 1.99. The standard InChI is InChI=1S/C7H6O5.Nd/c8-4-1-3(7(11)12)2-5(9)6(4)10;/h1-2,8-10H,(H,11,12);. The summed E-state index contributed by atoms with van der Waals surface area (Å²) in [6.07, 6.45) is 0. The van der Waals surface area contributed by atoms with Gasteiger partial charge in [-0.3, -0.25) is 0 Å². The molecule has 68 valence electrons. The maximum Gasteiger partial charge on any atom is 0.335 e. The predicted molar refractivity (Wildman–Crippen MR) is 38.4 cm³/mol. The second-order valence-electron chi connectivity index (χ2n) is 2.17. The van der Waals surface area contributed by atoms with Gasteiger partial charge in [0.2, 0.25) is 0 Å². The van der Waals surface area contributed by atoms with Crippen LogP contribution in [0.5, 0.6) is 17.2 Å². The molecule has 0 aromatic heterocycles. The van der Waals surface area contributed by atoms with E-state index in [4.69, 9.17) is 20.4 Å². The summed E-state index contributed by atoms with van der Waals surface area (Å²) in [7, 11) is 0. The van der Waals surface area contributed by atoms with Gasteiger partial charge in [-0.05, 0) is 12.1 Å². The zero-order valence-corrected chi connectivity index (χ0v) is 9.56. The van der Waals surface area contributed by atoms with E-state index in [1.54, 1.807) is 0 Å². The third-order valence-corrected chi connectivity index (χ3v) is 1.32. The zero-order valence-electron chi connectivity index (χ0n) is 6.35. The molecule has 0 aliphatic carbocycles. The number of benzene rings is 1. The molecule has 1 rings (SSSR count). The molecule has 0 bridgehead atoms. The Hall–Kier alpha value is -0.559. The van der Waals surface area contributed by atoms with E-state index < -0.39 is 23.2 Å². The minimum Gasteiger partial charge on any atom is -0.504 e. The number of aromatic carboxylic acids is 1.